The maximum absolute atomic E-state index is 12.4. The Morgan fingerprint density at radius 1 is 1.07 bits per heavy atom. The minimum absolute atomic E-state index is 0.224. The number of nitrogens with zero attached hydrogens (tertiary/aromatic N) is 1. The molecule has 6 nitrogen and oxygen atoms in total. The van der Waals surface area contributed by atoms with Crippen LogP contribution in [0.5, 0.6) is 0 Å². The first-order valence-corrected chi connectivity index (χ1v) is 11.1. The number of anilines is 1. The lowest BCUT2D eigenvalue weighted by molar-refractivity contribution is 0.0945. The fourth-order valence-corrected chi connectivity index (χ4v) is 4.80. The van der Waals surface area contributed by atoms with Gasteiger partial charge in [0, 0.05) is 27.5 Å². The Balaban J connectivity index is 1.32. The lowest BCUT2D eigenvalue weighted by Gasteiger charge is -2.06. The zero-order valence-electron chi connectivity index (χ0n) is 14.8. The van der Waals surface area contributed by atoms with Crippen LogP contribution in [-0.2, 0) is 6.54 Å². The average molecular weight is 488 g/mol. The first-order chi connectivity index (χ1) is 14.1. The number of aromatic nitrogens is 1. The van der Waals surface area contributed by atoms with Gasteiger partial charge in [0.2, 0.25) is 0 Å². The summed E-state index contributed by atoms with van der Waals surface area (Å²) in [5, 5.41) is 10.2. The van der Waals surface area contributed by atoms with E-state index in [1.54, 1.807) is 41.0 Å². The Morgan fingerprint density at radius 2 is 1.90 bits per heavy atom. The molecule has 3 aromatic heterocycles. The van der Waals surface area contributed by atoms with Gasteiger partial charge in [-0.3, -0.25) is 9.59 Å². The summed E-state index contributed by atoms with van der Waals surface area (Å²) in [6, 6.07) is 12.5. The molecular formula is C20H14BrN3O3S2. The minimum atomic E-state index is -0.312. The predicted molar refractivity (Wildman–Crippen MR) is 117 cm³/mol. The number of hydrogen-bond donors (Lipinski definition) is 2. The van der Waals surface area contributed by atoms with Gasteiger partial charge in [0.15, 0.2) is 5.76 Å². The maximum Gasteiger partial charge on any atom is 0.291 e. The third-order valence-electron chi connectivity index (χ3n) is 3.92. The van der Waals surface area contributed by atoms with Gasteiger partial charge in [-0.05, 0) is 51.8 Å². The van der Waals surface area contributed by atoms with Gasteiger partial charge in [-0.25, -0.2) is 4.98 Å². The Kier molecular flexibility index (Phi) is 5.89. The summed E-state index contributed by atoms with van der Waals surface area (Å²) in [6.07, 6.45) is 1.45. The normalized spacial score (nSPS) is 10.7. The molecule has 0 spiro atoms. The molecule has 0 aliphatic carbocycles. The third-order valence-corrected chi connectivity index (χ3v) is 6.63. The largest absolute Gasteiger partial charge is 0.459 e. The lowest BCUT2D eigenvalue weighted by Crippen LogP contribution is -2.23. The molecule has 0 fully saturated rings. The van der Waals surface area contributed by atoms with Crippen molar-refractivity contribution in [2.75, 3.05) is 5.32 Å². The van der Waals surface area contributed by atoms with Crippen molar-refractivity contribution in [3.63, 3.8) is 0 Å². The molecule has 0 unspecified atom stereocenters. The fourth-order valence-electron chi connectivity index (χ4n) is 2.50. The van der Waals surface area contributed by atoms with Gasteiger partial charge in [0.1, 0.15) is 10.7 Å². The summed E-state index contributed by atoms with van der Waals surface area (Å²) in [5.41, 5.74) is 1.96. The van der Waals surface area contributed by atoms with E-state index in [0.717, 1.165) is 19.9 Å². The van der Waals surface area contributed by atoms with Crippen molar-refractivity contribution in [1.82, 2.24) is 10.3 Å². The predicted octanol–water partition coefficient (Wildman–Crippen LogP) is 5.41. The fraction of sp³-hybridized carbons (Fsp3) is 0.0500. The van der Waals surface area contributed by atoms with Crippen LogP contribution in [0.2, 0.25) is 0 Å². The molecule has 0 radical (unpaired) electrons. The number of hydrogen-bond acceptors (Lipinski definition) is 6. The Hall–Kier alpha value is -2.75. The average Bonchev–Trinajstić information content (AvgIpc) is 3.48. The standard InChI is InChI=1S/C20H14BrN3O3S2/c21-13-8-17(28-10-13)20-24-15(11-29-20)18(25)22-9-12-3-5-14(6-4-12)23-19(26)16-2-1-7-27-16/h1-8,10-11H,9H2,(H,22,25)(H,23,26). The summed E-state index contributed by atoms with van der Waals surface area (Å²) < 4.78 is 6.07. The molecule has 3 heterocycles. The van der Waals surface area contributed by atoms with Crippen molar-refractivity contribution >= 4 is 56.1 Å². The highest BCUT2D eigenvalue weighted by Crippen LogP contribution is 2.31. The molecule has 4 aromatic rings. The molecule has 29 heavy (non-hydrogen) atoms. The SMILES string of the molecule is O=C(NCc1ccc(NC(=O)c2ccco2)cc1)c1csc(-c2cc(Br)cs2)n1. The first-order valence-electron chi connectivity index (χ1n) is 8.50. The van der Waals surface area contributed by atoms with Crippen LogP contribution in [0.1, 0.15) is 26.6 Å². The monoisotopic (exact) mass is 487 g/mol. The number of amides is 2. The van der Waals surface area contributed by atoms with E-state index in [9.17, 15) is 9.59 Å². The van der Waals surface area contributed by atoms with E-state index >= 15 is 0 Å². The van der Waals surface area contributed by atoms with Crippen LogP contribution in [0.3, 0.4) is 0 Å². The van der Waals surface area contributed by atoms with Crippen molar-refractivity contribution in [3.8, 4) is 9.88 Å². The van der Waals surface area contributed by atoms with Gasteiger partial charge in [0.25, 0.3) is 11.8 Å². The molecule has 0 saturated carbocycles. The molecule has 0 aliphatic heterocycles. The molecule has 2 N–H and O–H groups in total. The molecule has 1 aromatic carbocycles. The minimum Gasteiger partial charge on any atom is -0.459 e. The molecule has 0 aliphatic rings. The third kappa shape index (κ3) is 4.81. The number of carbonyl (C=O) groups is 2. The van der Waals surface area contributed by atoms with E-state index in [2.05, 4.69) is 31.5 Å². The summed E-state index contributed by atoms with van der Waals surface area (Å²) in [5.74, 6) is -0.287. The smallest absolute Gasteiger partial charge is 0.291 e. The number of halogens is 1. The molecule has 0 atom stereocenters. The number of thiophene rings is 1. The van der Waals surface area contributed by atoms with Crippen LogP contribution in [0, 0.1) is 0 Å². The number of thiazole rings is 1. The van der Waals surface area contributed by atoms with E-state index in [0.29, 0.717) is 17.9 Å². The van der Waals surface area contributed by atoms with Gasteiger partial charge >= 0.3 is 0 Å². The number of carbonyl (C=O) groups excluding carboxylic acids is 2. The zero-order valence-corrected chi connectivity index (χ0v) is 18.1. The van der Waals surface area contributed by atoms with Gasteiger partial charge < -0.3 is 15.1 Å². The highest BCUT2D eigenvalue weighted by molar-refractivity contribution is 9.10. The summed E-state index contributed by atoms with van der Waals surface area (Å²) in [7, 11) is 0. The van der Waals surface area contributed by atoms with Crippen molar-refractivity contribution in [2.45, 2.75) is 6.54 Å². The Morgan fingerprint density at radius 3 is 2.59 bits per heavy atom. The van der Waals surface area contributed by atoms with Crippen LogP contribution >= 0.6 is 38.6 Å². The lowest BCUT2D eigenvalue weighted by atomic mass is 10.2. The van der Waals surface area contributed by atoms with E-state index in [-0.39, 0.29) is 17.6 Å². The van der Waals surface area contributed by atoms with Gasteiger partial charge in [-0.15, -0.1) is 22.7 Å². The molecule has 9 heteroatoms. The number of benzene rings is 1. The number of furan rings is 1. The summed E-state index contributed by atoms with van der Waals surface area (Å²) in [4.78, 5) is 29.8. The maximum atomic E-state index is 12.4. The zero-order chi connectivity index (χ0) is 20.2. The second kappa shape index (κ2) is 8.73. The van der Waals surface area contributed by atoms with Crippen molar-refractivity contribution in [3.05, 3.63) is 81.0 Å². The summed E-state index contributed by atoms with van der Waals surface area (Å²) in [6.45, 7) is 0.364. The molecule has 0 saturated heterocycles. The van der Waals surface area contributed by atoms with Gasteiger partial charge in [-0.2, -0.15) is 0 Å². The topological polar surface area (TPSA) is 84.2 Å². The first kappa shape index (κ1) is 19.6. The van der Waals surface area contributed by atoms with Gasteiger partial charge in [-0.1, -0.05) is 12.1 Å². The van der Waals surface area contributed by atoms with E-state index < -0.39 is 0 Å². The van der Waals surface area contributed by atoms with Crippen LogP contribution in [-0.4, -0.2) is 16.8 Å². The number of rotatable bonds is 6. The molecule has 0 bridgehead atoms. The molecule has 2 amide bonds. The Bertz CT molecular complexity index is 1130. The van der Waals surface area contributed by atoms with Crippen LogP contribution < -0.4 is 10.6 Å². The quantitative estimate of drug-likeness (QED) is 0.380. The molecular weight excluding hydrogens is 474 g/mol. The van der Waals surface area contributed by atoms with E-state index in [1.165, 1.54) is 17.6 Å². The second-order valence-electron chi connectivity index (χ2n) is 5.98. The van der Waals surface area contributed by atoms with Crippen LogP contribution in [0.4, 0.5) is 5.69 Å². The van der Waals surface area contributed by atoms with Crippen LogP contribution in [0.15, 0.2) is 68.4 Å². The van der Waals surface area contributed by atoms with Crippen molar-refractivity contribution < 1.29 is 14.0 Å². The molecule has 146 valence electrons. The summed E-state index contributed by atoms with van der Waals surface area (Å²) >= 11 is 6.44. The van der Waals surface area contributed by atoms with E-state index in [1.807, 2.05) is 23.6 Å². The van der Waals surface area contributed by atoms with Gasteiger partial charge in [0.05, 0.1) is 11.1 Å². The van der Waals surface area contributed by atoms with Crippen LogP contribution in [0.25, 0.3) is 9.88 Å². The second-order valence-corrected chi connectivity index (χ2v) is 8.66. The number of nitrogens with one attached hydrogen (secondary N) is 2. The van der Waals surface area contributed by atoms with Crippen molar-refractivity contribution in [2.24, 2.45) is 0 Å². The Labute approximate surface area is 182 Å². The highest BCUT2D eigenvalue weighted by Gasteiger charge is 2.13. The molecule has 4 rings (SSSR count). The van der Waals surface area contributed by atoms with Crippen molar-refractivity contribution in [1.29, 1.82) is 0 Å². The highest BCUT2D eigenvalue weighted by atomic mass is 79.9. The van der Waals surface area contributed by atoms with E-state index in [4.69, 9.17) is 4.42 Å².